The molecular formula is C11H14O4S. The molecule has 4 nitrogen and oxygen atoms in total. The monoisotopic (exact) mass is 242 g/mol. The zero-order chi connectivity index (χ0) is 11.8. The fraction of sp³-hybridized carbons (Fsp3) is 0.364. The average Bonchev–Trinajstić information content (AvgIpc) is 2.29. The second kappa shape index (κ2) is 7.14. The normalized spacial score (nSPS) is 10.1. The number of hydrogen-bond acceptors (Lipinski definition) is 4. The molecule has 1 aromatic rings. The molecule has 1 aromatic carbocycles. The van der Waals surface area contributed by atoms with Crippen LogP contribution in [0.25, 0.3) is 0 Å². The SMILES string of the molecule is O=C(O)c1ccc(OCCSCCO)cc1. The molecule has 0 aliphatic carbocycles. The summed E-state index contributed by atoms with van der Waals surface area (Å²) in [4.78, 5) is 10.6. The molecular weight excluding hydrogens is 228 g/mol. The van der Waals surface area contributed by atoms with Gasteiger partial charge in [0.15, 0.2) is 0 Å². The van der Waals surface area contributed by atoms with Crippen molar-refractivity contribution in [1.82, 2.24) is 0 Å². The van der Waals surface area contributed by atoms with Crippen LogP contribution in [0.3, 0.4) is 0 Å². The van der Waals surface area contributed by atoms with Crippen LogP contribution in [0.5, 0.6) is 5.75 Å². The molecule has 2 N–H and O–H groups in total. The third kappa shape index (κ3) is 4.55. The van der Waals surface area contributed by atoms with E-state index in [0.29, 0.717) is 18.1 Å². The number of thioether (sulfide) groups is 1. The number of rotatable bonds is 7. The zero-order valence-corrected chi connectivity index (χ0v) is 9.57. The van der Waals surface area contributed by atoms with Gasteiger partial charge in [-0.15, -0.1) is 0 Å². The number of aromatic carboxylic acids is 1. The summed E-state index contributed by atoms with van der Waals surface area (Å²) in [5.41, 5.74) is 0.252. The van der Waals surface area contributed by atoms with Gasteiger partial charge in [-0.1, -0.05) is 0 Å². The number of aliphatic hydroxyl groups excluding tert-OH is 1. The van der Waals surface area contributed by atoms with E-state index >= 15 is 0 Å². The van der Waals surface area contributed by atoms with Crippen molar-refractivity contribution in [2.75, 3.05) is 24.7 Å². The lowest BCUT2D eigenvalue weighted by molar-refractivity contribution is 0.0697. The van der Waals surface area contributed by atoms with E-state index in [0.717, 1.165) is 5.75 Å². The first-order chi connectivity index (χ1) is 7.74. The molecule has 0 amide bonds. The smallest absolute Gasteiger partial charge is 0.335 e. The number of carbonyl (C=O) groups is 1. The van der Waals surface area contributed by atoms with Crippen LogP contribution in [0, 0.1) is 0 Å². The Balaban J connectivity index is 2.29. The van der Waals surface area contributed by atoms with Crippen LogP contribution < -0.4 is 4.74 Å². The molecule has 0 aromatic heterocycles. The molecule has 0 fully saturated rings. The van der Waals surface area contributed by atoms with Crippen LogP contribution in [-0.4, -0.2) is 40.9 Å². The van der Waals surface area contributed by atoms with E-state index in [1.165, 1.54) is 12.1 Å². The molecule has 0 bridgehead atoms. The summed E-state index contributed by atoms with van der Waals surface area (Å²) < 4.78 is 5.39. The van der Waals surface area contributed by atoms with Gasteiger partial charge < -0.3 is 14.9 Å². The van der Waals surface area contributed by atoms with Crippen LogP contribution in [0.4, 0.5) is 0 Å². The van der Waals surface area contributed by atoms with Gasteiger partial charge in [-0.25, -0.2) is 4.79 Å². The lowest BCUT2D eigenvalue weighted by Crippen LogP contribution is -2.02. The minimum atomic E-state index is -0.940. The fourth-order valence-electron chi connectivity index (χ4n) is 1.08. The second-order valence-electron chi connectivity index (χ2n) is 3.01. The van der Waals surface area contributed by atoms with E-state index in [1.807, 2.05) is 0 Å². The zero-order valence-electron chi connectivity index (χ0n) is 8.76. The predicted molar refractivity (Wildman–Crippen MR) is 63.3 cm³/mol. The molecule has 0 spiro atoms. The number of aliphatic hydroxyl groups is 1. The third-order valence-electron chi connectivity index (χ3n) is 1.83. The Bertz CT molecular complexity index is 323. The highest BCUT2D eigenvalue weighted by Gasteiger charge is 2.01. The maximum absolute atomic E-state index is 10.6. The Morgan fingerprint density at radius 3 is 2.50 bits per heavy atom. The first-order valence-corrected chi connectivity index (χ1v) is 6.04. The van der Waals surface area contributed by atoms with Crippen molar-refractivity contribution >= 4 is 17.7 Å². The molecule has 0 radical (unpaired) electrons. The van der Waals surface area contributed by atoms with Crippen molar-refractivity contribution in [3.8, 4) is 5.75 Å². The van der Waals surface area contributed by atoms with Crippen LogP contribution in [0.15, 0.2) is 24.3 Å². The van der Waals surface area contributed by atoms with Crippen LogP contribution >= 0.6 is 11.8 Å². The van der Waals surface area contributed by atoms with Crippen LogP contribution in [-0.2, 0) is 0 Å². The standard InChI is InChI=1S/C11H14O4S/c12-5-7-16-8-6-15-10-3-1-9(2-4-10)11(13)14/h1-4,12H,5-8H2,(H,13,14). The Morgan fingerprint density at radius 1 is 1.25 bits per heavy atom. The molecule has 16 heavy (non-hydrogen) atoms. The van der Waals surface area contributed by atoms with Gasteiger partial charge >= 0.3 is 5.97 Å². The maximum Gasteiger partial charge on any atom is 0.335 e. The van der Waals surface area contributed by atoms with Crippen molar-refractivity contribution in [3.63, 3.8) is 0 Å². The summed E-state index contributed by atoms with van der Waals surface area (Å²) in [7, 11) is 0. The lowest BCUT2D eigenvalue weighted by Gasteiger charge is -2.05. The van der Waals surface area contributed by atoms with E-state index in [9.17, 15) is 4.79 Å². The Labute approximate surface area is 98.2 Å². The predicted octanol–water partition coefficient (Wildman–Crippen LogP) is 1.49. The third-order valence-corrected chi connectivity index (χ3v) is 2.76. The van der Waals surface area contributed by atoms with Crippen LogP contribution in [0.1, 0.15) is 10.4 Å². The number of benzene rings is 1. The largest absolute Gasteiger partial charge is 0.493 e. The van der Waals surface area contributed by atoms with Gasteiger partial charge in [-0.2, -0.15) is 11.8 Å². The topological polar surface area (TPSA) is 66.8 Å². The molecule has 0 unspecified atom stereocenters. The summed E-state index contributed by atoms with van der Waals surface area (Å²) in [5.74, 6) is 1.24. The average molecular weight is 242 g/mol. The van der Waals surface area contributed by atoms with Gasteiger partial charge in [0.05, 0.1) is 18.8 Å². The maximum atomic E-state index is 10.6. The van der Waals surface area contributed by atoms with Gasteiger partial charge in [0.25, 0.3) is 0 Å². The van der Waals surface area contributed by atoms with Gasteiger partial charge in [0.1, 0.15) is 5.75 Å². The van der Waals surface area contributed by atoms with E-state index in [1.54, 1.807) is 23.9 Å². The highest BCUT2D eigenvalue weighted by molar-refractivity contribution is 7.99. The molecule has 0 saturated carbocycles. The highest BCUT2D eigenvalue weighted by Crippen LogP contribution is 2.12. The molecule has 1 rings (SSSR count). The molecule has 0 aliphatic rings. The number of carboxylic acid groups (broad SMARTS) is 1. The molecule has 0 heterocycles. The van der Waals surface area contributed by atoms with Crippen molar-refractivity contribution in [2.45, 2.75) is 0 Å². The Morgan fingerprint density at radius 2 is 1.94 bits per heavy atom. The summed E-state index contributed by atoms with van der Waals surface area (Å²) in [6.07, 6.45) is 0. The minimum Gasteiger partial charge on any atom is -0.493 e. The molecule has 0 aliphatic heterocycles. The van der Waals surface area contributed by atoms with Gasteiger partial charge in [-0.3, -0.25) is 0 Å². The summed E-state index contributed by atoms with van der Waals surface area (Å²) >= 11 is 1.61. The highest BCUT2D eigenvalue weighted by atomic mass is 32.2. The van der Waals surface area contributed by atoms with E-state index in [-0.39, 0.29) is 12.2 Å². The minimum absolute atomic E-state index is 0.179. The van der Waals surface area contributed by atoms with Crippen molar-refractivity contribution in [2.24, 2.45) is 0 Å². The first kappa shape index (κ1) is 12.9. The Kier molecular flexibility index (Phi) is 5.74. The van der Waals surface area contributed by atoms with Gasteiger partial charge in [-0.05, 0) is 24.3 Å². The molecule has 88 valence electrons. The number of hydrogen-bond donors (Lipinski definition) is 2. The fourth-order valence-corrected chi connectivity index (χ4v) is 1.61. The van der Waals surface area contributed by atoms with Gasteiger partial charge in [0.2, 0.25) is 0 Å². The summed E-state index contributed by atoms with van der Waals surface area (Å²) in [6.45, 7) is 0.731. The van der Waals surface area contributed by atoms with Gasteiger partial charge in [0, 0.05) is 11.5 Å². The van der Waals surface area contributed by atoms with Crippen molar-refractivity contribution < 1.29 is 19.7 Å². The van der Waals surface area contributed by atoms with E-state index in [2.05, 4.69) is 0 Å². The van der Waals surface area contributed by atoms with Crippen LogP contribution in [0.2, 0.25) is 0 Å². The summed E-state index contributed by atoms with van der Waals surface area (Å²) in [6, 6.07) is 6.30. The number of ether oxygens (including phenoxy) is 1. The first-order valence-electron chi connectivity index (χ1n) is 4.89. The number of carboxylic acids is 1. The molecule has 0 saturated heterocycles. The second-order valence-corrected chi connectivity index (χ2v) is 4.24. The van der Waals surface area contributed by atoms with Crippen molar-refractivity contribution in [3.05, 3.63) is 29.8 Å². The van der Waals surface area contributed by atoms with Crippen molar-refractivity contribution in [1.29, 1.82) is 0 Å². The quantitative estimate of drug-likeness (QED) is 0.709. The molecule has 0 atom stereocenters. The lowest BCUT2D eigenvalue weighted by atomic mass is 10.2. The molecule has 5 heteroatoms. The van der Waals surface area contributed by atoms with E-state index < -0.39 is 5.97 Å². The van der Waals surface area contributed by atoms with E-state index in [4.69, 9.17) is 14.9 Å². The Hall–Kier alpha value is -1.20. The summed E-state index contributed by atoms with van der Waals surface area (Å²) in [5, 5.41) is 17.2.